The fraction of sp³-hybridized carbons (Fsp3) is 0.158. The third-order valence-corrected chi connectivity index (χ3v) is 4.60. The highest BCUT2D eigenvalue weighted by molar-refractivity contribution is 7.13. The lowest BCUT2D eigenvalue weighted by Gasteiger charge is -2.09. The molecule has 3 aromatic rings. The van der Waals surface area contributed by atoms with Gasteiger partial charge in [0.05, 0.1) is 12.1 Å². The van der Waals surface area contributed by atoms with Crippen molar-refractivity contribution in [3.63, 3.8) is 0 Å². The molecule has 0 aliphatic carbocycles. The molecule has 27 heavy (non-hydrogen) atoms. The van der Waals surface area contributed by atoms with Crippen LogP contribution in [0, 0.1) is 0 Å². The van der Waals surface area contributed by atoms with Crippen molar-refractivity contribution >= 4 is 28.9 Å². The number of nitrogens with two attached hydrogens (primary N) is 2. The second-order valence-electron chi connectivity index (χ2n) is 5.66. The van der Waals surface area contributed by atoms with Crippen LogP contribution in [0.5, 0.6) is 10.8 Å². The summed E-state index contributed by atoms with van der Waals surface area (Å²) in [6.45, 7) is 1.46. The number of ether oxygens (including phenoxy) is 1. The first-order chi connectivity index (χ1) is 13.2. The summed E-state index contributed by atoms with van der Waals surface area (Å²) in [5.74, 6) is 1.27. The Labute approximate surface area is 161 Å². The summed E-state index contributed by atoms with van der Waals surface area (Å²) >= 11 is 1.47. The Bertz CT molecular complexity index is 898. The second-order valence-corrected chi connectivity index (χ2v) is 6.79. The average Bonchev–Trinajstić information content (AvgIpc) is 3.12. The van der Waals surface area contributed by atoms with E-state index in [2.05, 4.69) is 15.6 Å². The maximum atomic E-state index is 12.4. The molecular weight excluding hydrogens is 362 g/mol. The molecule has 0 unspecified atom stereocenters. The van der Waals surface area contributed by atoms with Gasteiger partial charge < -0.3 is 26.8 Å². The van der Waals surface area contributed by atoms with E-state index in [0.29, 0.717) is 31.0 Å². The van der Waals surface area contributed by atoms with Crippen molar-refractivity contribution in [3.8, 4) is 10.8 Å². The van der Waals surface area contributed by atoms with Crippen molar-refractivity contribution in [2.75, 3.05) is 24.1 Å². The highest BCUT2D eigenvalue weighted by atomic mass is 32.1. The Kier molecular flexibility index (Phi) is 6.24. The van der Waals surface area contributed by atoms with Crippen molar-refractivity contribution in [3.05, 3.63) is 65.0 Å². The number of aromatic nitrogens is 1. The van der Waals surface area contributed by atoms with E-state index in [0.717, 1.165) is 15.7 Å². The second kappa shape index (κ2) is 9.02. The van der Waals surface area contributed by atoms with Crippen molar-refractivity contribution < 1.29 is 9.53 Å². The Morgan fingerprint density at radius 3 is 2.67 bits per heavy atom. The highest BCUT2D eigenvalue weighted by Crippen LogP contribution is 2.29. The zero-order chi connectivity index (χ0) is 19.1. The zero-order valence-electron chi connectivity index (χ0n) is 14.6. The summed E-state index contributed by atoms with van der Waals surface area (Å²) < 4.78 is 5.77. The number of carbonyl (C=O) groups is 1. The number of pyridine rings is 1. The minimum absolute atomic E-state index is 0.175. The molecular formula is C19H21N5O2S. The molecule has 3 rings (SSSR count). The number of hydrogen-bond donors (Lipinski definition) is 4. The molecule has 0 saturated carbocycles. The van der Waals surface area contributed by atoms with Crippen molar-refractivity contribution in [2.24, 2.45) is 5.73 Å². The minimum Gasteiger partial charge on any atom is -0.447 e. The number of nitrogen functional groups attached to an aromatic ring is 1. The van der Waals surface area contributed by atoms with Gasteiger partial charge in [0.2, 0.25) is 0 Å². The standard InChI is InChI=1S/C19H21N5O2S/c20-10-11-22-16-8-7-15(18(21)24-16)19(25)23-12-14-6-9-17(27-14)26-13-4-2-1-3-5-13/h1-9H,10-12,20H2,(H,23,25)(H3,21,22,24). The van der Waals surface area contributed by atoms with Gasteiger partial charge in [0.25, 0.3) is 5.91 Å². The summed E-state index contributed by atoms with van der Waals surface area (Å²) in [5.41, 5.74) is 11.7. The monoisotopic (exact) mass is 383 g/mol. The van der Waals surface area contributed by atoms with Crippen LogP contribution in [0.2, 0.25) is 0 Å². The first-order valence-corrected chi connectivity index (χ1v) is 9.27. The Balaban J connectivity index is 1.56. The highest BCUT2D eigenvalue weighted by Gasteiger charge is 2.12. The normalized spacial score (nSPS) is 10.4. The number of para-hydroxylation sites is 1. The predicted molar refractivity (Wildman–Crippen MR) is 108 cm³/mol. The molecule has 7 nitrogen and oxygen atoms in total. The number of rotatable bonds is 8. The van der Waals surface area contributed by atoms with Gasteiger partial charge in [-0.3, -0.25) is 4.79 Å². The Morgan fingerprint density at radius 1 is 1.11 bits per heavy atom. The van der Waals surface area contributed by atoms with Crippen LogP contribution in [-0.2, 0) is 6.54 Å². The molecule has 1 amide bonds. The fourth-order valence-electron chi connectivity index (χ4n) is 2.34. The van der Waals surface area contributed by atoms with Gasteiger partial charge in [-0.2, -0.15) is 0 Å². The van der Waals surface area contributed by atoms with E-state index in [4.69, 9.17) is 16.2 Å². The van der Waals surface area contributed by atoms with Crippen LogP contribution in [-0.4, -0.2) is 24.0 Å². The SMILES string of the molecule is NCCNc1ccc(C(=O)NCc2ccc(Oc3ccccc3)s2)c(N)n1. The third-order valence-electron chi connectivity index (χ3n) is 3.64. The van der Waals surface area contributed by atoms with Crippen LogP contribution in [0.4, 0.5) is 11.6 Å². The van der Waals surface area contributed by atoms with Gasteiger partial charge in [-0.05, 0) is 36.4 Å². The molecule has 0 fully saturated rings. The smallest absolute Gasteiger partial charge is 0.255 e. The number of anilines is 2. The number of amides is 1. The summed E-state index contributed by atoms with van der Waals surface area (Å²) in [4.78, 5) is 17.5. The molecule has 1 aromatic carbocycles. The number of carbonyl (C=O) groups excluding carboxylic acids is 1. The third kappa shape index (κ3) is 5.19. The molecule has 140 valence electrons. The fourth-order valence-corrected chi connectivity index (χ4v) is 3.15. The molecule has 0 radical (unpaired) electrons. The zero-order valence-corrected chi connectivity index (χ0v) is 15.5. The van der Waals surface area contributed by atoms with Gasteiger partial charge >= 0.3 is 0 Å². The number of nitrogens with zero attached hydrogens (tertiary/aromatic N) is 1. The van der Waals surface area contributed by atoms with Crippen molar-refractivity contribution in [1.29, 1.82) is 0 Å². The summed E-state index contributed by atoms with van der Waals surface area (Å²) in [5, 5.41) is 6.64. The van der Waals surface area contributed by atoms with Gasteiger partial charge in [-0.1, -0.05) is 18.2 Å². The first-order valence-electron chi connectivity index (χ1n) is 8.46. The van der Waals surface area contributed by atoms with E-state index in [-0.39, 0.29) is 11.7 Å². The predicted octanol–water partition coefficient (Wildman–Crippen LogP) is 2.82. The maximum Gasteiger partial charge on any atom is 0.255 e. The lowest BCUT2D eigenvalue weighted by atomic mass is 10.2. The Morgan fingerprint density at radius 2 is 1.93 bits per heavy atom. The molecule has 0 saturated heterocycles. The summed E-state index contributed by atoms with van der Waals surface area (Å²) in [6.07, 6.45) is 0. The number of thiophene rings is 1. The molecule has 0 atom stereocenters. The summed E-state index contributed by atoms with van der Waals surface area (Å²) in [6, 6.07) is 16.7. The van der Waals surface area contributed by atoms with Gasteiger partial charge in [0.15, 0.2) is 5.06 Å². The topological polar surface area (TPSA) is 115 Å². The van der Waals surface area contributed by atoms with E-state index in [1.54, 1.807) is 12.1 Å². The molecule has 0 bridgehead atoms. The van der Waals surface area contributed by atoms with E-state index in [1.807, 2.05) is 42.5 Å². The van der Waals surface area contributed by atoms with E-state index in [1.165, 1.54) is 11.3 Å². The number of nitrogens with one attached hydrogen (secondary N) is 2. The average molecular weight is 383 g/mol. The van der Waals surface area contributed by atoms with E-state index < -0.39 is 0 Å². The van der Waals surface area contributed by atoms with Crippen LogP contribution >= 0.6 is 11.3 Å². The molecule has 0 aliphatic rings. The molecule has 0 aliphatic heterocycles. The molecule has 6 N–H and O–H groups in total. The van der Waals surface area contributed by atoms with Crippen molar-refractivity contribution in [1.82, 2.24) is 10.3 Å². The molecule has 2 aromatic heterocycles. The molecule has 8 heteroatoms. The lowest BCUT2D eigenvalue weighted by Crippen LogP contribution is -2.24. The minimum atomic E-state index is -0.274. The van der Waals surface area contributed by atoms with Crippen LogP contribution in [0.1, 0.15) is 15.2 Å². The van der Waals surface area contributed by atoms with Gasteiger partial charge in [0.1, 0.15) is 17.4 Å². The first kappa shape index (κ1) is 18.7. The summed E-state index contributed by atoms with van der Waals surface area (Å²) in [7, 11) is 0. The van der Waals surface area contributed by atoms with Gasteiger partial charge in [-0.15, -0.1) is 11.3 Å². The van der Waals surface area contributed by atoms with E-state index >= 15 is 0 Å². The molecule has 2 heterocycles. The van der Waals surface area contributed by atoms with Gasteiger partial charge in [-0.25, -0.2) is 4.98 Å². The van der Waals surface area contributed by atoms with Crippen LogP contribution in [0.3, 0.4) is 0 Å². The quantitative estimate of drug-likeness (QED) is 0.475. The van der Waals surface area contributed by atoms with Crippen molar-refractivity contribution in [2.45, 2.75) is 6.54 Å². The number of hydrogen-bond acceptors (Lipinski definition) is 7. The van der Waals surface area contributed by atoms with Crippen LogP contribution in [0.15, 0.2) is 54.6 Å². The van der Waals surface area contributed by atoms with Gasteiger partial charge in [0, 0.05) is 18.0 Å². The Hall–Kier alpha value is -3.10. The largest absolute Gasteiger partial charge is 0.447 e. The van der Waals surface area contributed by atoms with Crippen LogP contribution in [0.25, 0.3) is 0 Å². The maximum absolute atomic E-state index is 12.4. The van der Waals surface area contributed by atoms with Crippen LogP contribution < -0.4 is 26.8 Å². The lowest BCUT2D eigenvalue weighted by molar-refractivity contribution is 0.0952. The van der Waals surface area contributed by atoms with E-state index in [9.17, 15) is 4.79 Å². The number of benzene rings is 1. The molecule has 0 spiro atoms.